The number of aryl methyl sites for hydroxylation is 1. The van der Waals surface area contributed by atoms with Gasteiger partial charge in [-0.1, -0.05) is 11.8 Å². The molecule has 0 saturated heterocycles. The van der Waals surface area contributed by atoms with Crippen LogP contribution < -0.4 is 0 Å². The Labute approximate surface area is 102 Å². The minimum atomic E-state index is -0.890. The van der Waals surface area contributed by atoms with Crippen molar-refractivity contribution in [3.8, 4) is 5.82 Å². The molecule has 0 unspecified atom stereocenters. The Balaban J connectivity index is 2.19. The van der Waals surface area contributed by atoms with Gasteiger partial charge in [0.05, 0.1) is 11.9 Å². The van der Waals surface area contributed by atoms with E-state index < -0.39 is 5.97 Å². The molecule has 0 atom stereocenters. The van der Waals surface area contributed by atoms with Crippen LogP contribution in [0.5, 0.6) is 0 Å². The fourth-order valence-electron chi connectivity index (χ4n) is 1.19. The van der Waals surface area contributed by atoms with Crippen LogP contribution in [-0.2, 0) is 4.79 Å². The van der Waals surface area contributed by atoms with E-state index in [2.05, 4.69) is 15.1 Å². The maximum atomic E-state index is 10.4. The van der Waals surface area contributed by atoms with E-state index in [-0.39, 0.29) is 5.75 Å². The van der Waals surface area contributed by atoms with Gasteiger partial charge in [-0.2, -0.15) is 5.10 Å². The lowest BCUT2D eigenvalue weighted by Crippen LogP contribution is -2.02. The van der Waals surface area contributed by atoms with Crippen molar-refractivity contribution in [3.05, 3.63) is 30.2 Å². The zero-order valence-electron chi connectivity index (χ0n) is 9.07. The van der Waals surface area contributed by atoms with E-state index in [0.29, 0.717) is 11.0 Å². The maximum Gasteiger partial charge on any atom is 0.313 e. The molecule has 0 aliphatic heterocycles. The molecular weight excluding hydrogens is 240 g/mol. The number of aliphatic carboxylic acids is 1. The molecule has 2 heterocycles. The summed E-state index contributed by atoms with van der Waals surface area (Å²) >= 11 is 1.08. The van der Waals surface area contributed by atoms with Crippen LogP contribution >= 0.6 is 11.8 Å². The van der Waals surface area contributed by atoms with Crippen molar-refractivity contribution in [1.29, 1.82) is 0 Å². The predicted octanol–water partition coefficient (Wildman–Crippen LogP) is 1.15. The van der Waals surface area contributed by atoms with Gasteiger partial charge in [-0.25, -0.2) is 14.6 Å². The molecule has 0 radical (unpaired) electrons. The van der Waals surface area contributed by atoms with Crippen LogP contribution in [0.25, 0.3) is 5.82 Å². The minimum absolute atomic E-state index is 0.0540. The summed E-state index contributed by atoms with van der Waals surface area (Å²) in [6, 6.07) is 1.72. The largest absolute Gasteiger partial charge is 0.481 e. The van der Waals surface area contributed by atoms with Crippen LogP contribution in [0.15, 0.2) is 29.8 Å². The lowest BCUT2D eigenvalue weighted by Gasteiger charge is -2.01. The molecule has 2 rings (SSSR count). The first kappa shape index (κ1) is 11.6. The van der Waals surface area contributed by atoms with Gasteiger partial charge >= 0.3 is 5.97 Å². The fraction of sp³-hybridized carbons (Fsp3) is 0.200. The zero-order chi connectivity index (χ0) is 12.3. The summed E-state index contributed by atoms with van der Waals surface area (Å²) in [6.45, 7) is 1.94. The summed E-state index contributed by atoms with van der Waals surface area (Å²) in [5, 5.41) is 13.1. The lowest BCUT2D eigenvalue weighted by molar-refractivity contribution is -0.133. The molecule has 0 saturated carbocycles. The number of thioether (sulfide) groups is 1. The maximum absolute atomic E-state index is 10.4. The van der Waals surface area contributed by atoms with Crippen molar-refractivity contribution in [2.24, 2.45) is 0 Å². The van der Waals surface area contributed by atoms with Crippen LogP contribution in [0.1, 0.15) is 5.56 Å². The SMILES string of the molecule is Cc1cnn(-c2ccnc(SCC(=O)O)n2)c1. The number of carboxylic acids is 1. The molecule has 0 spiro atoms. The van der Waals surface area contributed by atoms with E-state index in [1.807, 2.05) is 13.1 Å². The van der Waals surface area contributed by atoms with Crippen LogP contribution in [0.4, 0.5) is 0 Å². The number of hydrogen-bond acceptors (Lipinski definition) is 5. The standard InChI is InChI=1S/C10H10N4O2S/c1-7-4-12-14(5-7)8-2-3-11-10(13-8)17-6-9(15)16/h2-5H,6H2,1H3,(H,15,16). The quantitative estimate of drug-likeness (QED) is 0.647. The van der Waals surface area contributed by atoms with Crippen LogP contribution in [0.3, 0.4) is 0 Å². The van der Waals surface area contributed by atoms with Gasteiger partial charge < -0.3 is 5.11 Å². The third-order valence-electron chi connectivity index (χ3n) is 1.89. The third-order valence-corrected chi connectivity index (χ3v) is 2.74. The van der Waals surface area contributed by atoms with Gasteiger partial charge in [0.25, 0.3) is 0 Å². The second kappa shape index (κ2) is 4.96. The highest BCUT2D eigenvalue weighted by atomic mass is 32.2. The van der Waals surface area contributed by atoms with E-state index in [0.717, 1.165) is 17.3 Å². The van der Waals surface area contributed by atoms with Crippen molar-refractivity contribution in [2.75, 3.05) is 5.75 Å². The summed E-state index contributed by atoms with van der Waals surface area (Å²) < 4.78 is 1.63. The summed E-state index contributed by atoms with van der Waals surface area (Å²) in [5.74, 6) is -0.318. The number of carboxylic acid groups (broad SMARTS) is 1. The van der Waals surface area contributed by atoms with Gasteiger partial charge in [-0.15, -0.1) is 0 Å². The summed E-state index contributed by atoms with van der Waals surface area (Å²) in [6.07, 6.45) is 5.16. The van der Waals surface area contributed by atoms with Crippen molar-refractivity contribution in [3.63, 3.8) is 0 Å². The van der Waals surface area contributed by atoms with Gasteiger partial charge in [0.1, 0.15) is 0 Å². The van der Waals surface area contributed by atoms with E-state index in [9.17, 15) is 4.79 Å². The average molecular weight is 250 g/mol. The zero-order valence-corrected chi connectivity index (χ0v) is 9.89. The number of nitrogens with zero attached hydrogens (tertiary/aromatic N) is 4. The van der Waals surface area contributed by atoms with Crippen LogP contribution in [0, 0.1) is 6.92 Å². The van der Waals surface area contributed by atoms with Crippen LogP contribution in [0.2, 0.25) is 0 Å². The highest BCUT2D eigenvalue weighted by Crippen LogP contribution is 2.13. The Kier molecular flexibility index (Phi) is 3.38. The van der Waals surface area contributed by atoms with E-state index in [4.69, 9.17) is 5.11 Å². The second-order valence-corrected chi connectivity index (χ2v) is 4.28. The van der Waals surface area contributed by atoms with Gasteiger partial charge in [0.2, 0.25) is 0 Å². The second-order valence-electron chi connectivity index (χ2n) is 3.34. The first-order valence-electron chi connectivity index (χ1n) is 4.84. The molecular formula is C10H10N4O2S. The highest BCUT2D eigenvalue weighted by Gasteiger charge is 2.05. The summed E-state index contributed by atoms with van der Waals surface area (Å²) in [7, 11) is 0. The highest BCUT2D eigenvalue weighted by molar-refractivity contribution is 7.99. The van der Waals surface area contributed by atoms with Crippen molar-refractivity contribution < 1.29 is 9.90 Å². The Morgan fingerprint density at radius 1 is 1.59 bits per heavy atom. The Hall–Kier alpha value is -1.89. The Bertz CT molecular complexity index is 541. The van der Waals surface area contributed by atoms with Crippen LogP contribution in [-0.4, -0.2) is 36.6 Å². The molecule has 1 N–H and O–H groups in total. The molecule has 88 valence electrons. The molecule has 6 nitrogen and oxygen atoms in total. The van der Waals surface area contributed by atoms with Crippen molar-refractivity contribution >= 4 is 17.7 Å². The van der Waals surface area contributed by atoms with E-state index in [1.54, 1.807) is 23.1 Å². The molecule has 0 fully saturated rings. The number of aromatic nitrogens is 4. The van der Waals surface area contributed by atoms with E-state index in [1.165, 1.54) is 0 Å². The average Bonchev–Trinajstić information content (AvgIpc) is 2.74. The number of rotatable bonds is 4. The number of hydrogen-bond donors (Lipinski definition) is 1. The normalized spacial score (nSPS) is 10.4. The van der Waals surface area contributed by atoms with E-state index >= 15 is 0 Å². The molecule has 2 aromatic rings. The first-order valence-corrected chi connectivity index (χ1v) is 5.83. The molecule has 0 aliphatic carbocycles. The Morgan fingerprint density at radius 2 is 2.41 bits per heavy atom. The fourth-order valence-corrected chi connectivity index (χ4v) is 1.74. The molecule has 17 heavy (non-hydrogen) atoms. The summed E-state index contributed by atoms with van der Waals surface area (Å²) in [4.78, 5) is 18.6. The monoisotopic (exact) mass is 250 g/mol. The van der Waals surface area contributed by atoms with Gasteiger partial charge in [0.15, 0.2) is 11.0 Å². The molecule has 0 bridgehead atoms. The third kappa shape index (κ3) is 3.04. The molecule has 0 aliphatic rings. The molecule has 0 aromatic carbocycles. The Morgan fingerprint density at radius 3 is 3.06 bits per heavy atom. The van der Waals surface area contributed by atoms with Gasteiger partial charge in [-0.05, 0) is 12.5 Å². The smallest absolute Gasteiger partial charge is 0.313 e. The topological polar surface area (TPSA) is 80.9 Å². The predicted molar refractivity (Wildman–Crippen MR) is 62.3 cm³/mol. The van der Waals surface area contributed by atoms with Gasteiger partial charge in [0, 0.05) is 18.5 Å². The lowest BCUT2D eigenvalue weighted by atomic mass is 10.4. The van der Waals surface area contributed by atoms with Crippen molar-refractivity contribution in [2.45, 2.75) is 12.1 Å². The van der Waals surface area contributed by atoms with Gasteiger partial charge in [-0.3, -0.25) is 4.79 Å². The first-order chi connectivity index (χ1) is 8.15. The molecule has 0 amide bonds. The molecule has 7 heteroatoms. The number of carbonyl (C=O) groups is 1. The minimum Gasteiger partial charge on any atom is -0.481 e. The molecule has 2 aromatic heterocycles. The van der Waals surface area contributed by atoms with Crippen molar-refractivity contribution in [1.82, 2.24) is 19.7 Å². The summed E-state index contributed by atoms with van der Waals surface area (Å²) in [5.41, 5.74) is 1.03.